The molecular weight excluding hydrogens is 320 g/mol. The monoisotopic (exact) mass is 346 g/mol. The number of methoxy groups -OCH3 is 1. The summed E-state index contributed by atoms with van der Waals surface area (Å²) in [4.78, 5) is 26.5. The average molecular weight is 346 g/mol. The molecule has 1 saturated heterocycles. The molecule has 8 heteroatoms. The normalized spacial score (nSPS) is 30.0. The molecule has 1 heterocycles. The molecule has 1 N–H and O–H groups in total. The molecule has 23 heavy (non-hydrogen) atoms. The van der Waals surface area contributed by atoms with Gasteiger partial charge in [0.2, 0.25) is 15.9 Å². The van der Waals surface area contributed by atoms with E-state index in [0.717, 1.165) is 6.26 Å². The van der Waals surface area contributed by atoms with Crippen molar-refractivity contribution in [2.75, 3.05) is 19.9 Å². The van der Waals surface area contributed by atoms with Gasteiger partial charge in [0.25, 0.3) is 0 Å². The minimum Gasteiger partial charge on any atom is -0.467 e. The Morgan fingerprint density at radius 3 is 2.30 bits per heavy atom. The first-order valence-electron chi connectivity index (χ1n) is 7.77. The molecule has 7 nitrogen and oxygen atoms in total. The summed E-state index contributed by atoms with van der Waals surface area (Å²) < 4.78 is 30.3. The Hall–Kier alpha value is -1.15. The van der Waals surface area contributed by atoms with Crippen molar-refractivity contribution in [1.29, 1.82) is 0 Å². The highest BCUT2D eigenvalue weighted by atomic mass is 32.2. The van der Waals surface area contributed by atoms with Crippen molar-refractivity contribution < 1.29 is 22.7 Å². The molecule has 0 aromatic carbocycles. The van der Waals surface area contributed by atoms with Crippen LogP contribution in [0.25, 0.3) is 0 Å². The minimum absolute atomic E-state index is 0.00717. The summed E-state index contributed by atoms with van der Waals surface area (Å²) >= 11 is 0. The molecule has 2 fully saturated rings. The number of carbonyl (C=O) groups is 2. The Labute approximate surface area is 137 Å². The van der Waals surface area contributed by atoms with Crippen LogP contribution in [-0.4, -0.2) is 57.2 Å². The molecule has 1 saturated carbocycles. The lowest BCUT2D eigenvalue weighted by atomic mass is 9.98. The number of nitrogens with zero attached hydrogens (tertiary/aromatic N) is 1. The highest BCUT2D eigenvalue weighted by Crippen LogP contribution is 2.65. The number of esters is 1. The van der Waals surface area contributed by atoms with Crippen molar-refractivity contribution >= 4 is 21.9 Å². The molecule has 0 spiro atoms. The van der Waals surface area contributed by atoms with Gasteiger partial charge in [0.15, 0.2) is 0 Å². The summed E-state index contributed by atoms with van der Waals surface area (Å²) in [6.45, 7) is 8.16. The fraction of sp³-hybridized carbons (Fsp3) is 0.867. The van der Waals surface area contributed by atoms with Crippen LogP contribution in [0.5, 0.6) is 0 Å². The van der Waals surface area contributed by atoms with Gasteiger partial charge in [-0.3, -0.25) is 4.79 Å². The number of hydrogen-bond acceptors (Lipinski definition) is 5. The number of rotatable bonds is 5. The van der Waals surface area contributed by atoms with Gasteiger partial charge < -0.3 is 9.64 Å². The number of hydrogen-bond donors (Lipinski definition) is 1. The van der Waals surface area contributed by atoms with E-state index in [0.29, 0.717) is 6.54 Å². The highest BCUT2D eigenvalue weighted by Gasteiger charge is 2.70. The second-order valence-corrected chi connectivity index (χ2v) is 9.30. The van der Waals surface area contributed by atoms with Gasteiger partial charge in [-0.2, -0.15) is 0 Å². The summed E-state index contributed by atoms with van der Waals surface area (Å²) in [6, 6.07) is -1.51. The van der Waals surface area contributed by atoms with Crippen LogP contribution in [0.4, 0.5) is 0 Å². The predicted octanol–water partition coefficient (Wildman–Crippen LogP) is 0.216. The van der Waals surface area contributed by atoms with Gasteiger partial charge in [0, 0.05) is 12.5 Å². The molecule has 2 aliphatic rings. The molecule has 0 unspecified atom stereocenters. The van der Waals surface area contributed by atoms with Crippen LogP contribution >= 0.6 is 0 Å². The lowest BCUT2D eigenvalue weighted by molar-refractivity contribution is -0.153. The zero-order valence-corrected chi connectivity index (χ0v) is 15.3. The van der Waals surface area contributed by atoms with Gasteiger partial charge in [-0.15, -0.1) is 0 Å². The molecular formula is C15H26N2O5S. The molecule has 4 atom stereocenters. The molecule has 1 amide bonds. The number of ether oxygens (including phenoxy) is 1. The molecule has 0 aromatic heterocycles. The van der Waals surface area contributed by atoms with E-state index in [1.807, 2.05) is 0 Å². The minimum atomic E-state index is -3.53. The molecule has 2 rings (SSSR count). The third-order valence-corrected chi connectivity index (χ3v) is 5.89. The quantitative estimate of drug-likeness (QED) is 0.719. The maximum Gasteiger partial charge on any atom is 0.328 e. The summed E-state index contributed by atoms with van der Waals surface area (Å²) in [5, 5.41) is 0. The van der Waals surface area contributed by atoms with E-state index in [1.165, 1.54) is 12.0 Å². The van der Waals surface area contributed by atoms with E-state index < -0.39 is 28.1 Å². The van der Waals surface area contributed by atoms with E-state index in [9.17, 15) is 18.0 Å². The first-order chi connectivity index (χ1) is 10.4. The Bertz CT molecular complexity index is 613. The zero-order chi connectivity index (χ0) is 17.7. The van der Waals surface area contributed by atoms with Crippen molar-refractivity contribution in [3.63, 3.8) is 0 Å². The lowest BCUT2D eigenvalue weighted by Gasteiger charge is -2.33. The summed E-state index contributed by atoms with van der Waals surface area (Å²) in [6.07, 6.45) is 1.03. The van der Waals surface area contributed by atoms with Gasteiger partial charge in [-0.05, 0) is 17.3 Å². The number of piperidine rings is 1. The van der Waals surface area contributed by atoms with E-state index in [2.05, 4.69) is 18.6 Å². The smallest absolute Gasteiger partial charge is 0.328 e. The van der Waals surface area contributed by atoms with E-state index >= 15 is 0 Å². The molecule has 1 aliphatic heterocycles. The second-order valence-electron chi connectivity index (χ2n) is 7.52. The number of amides is 1. The van der Waals surface area contributed by atoms with Crippen LogP contribution in [0, 0.1) is 23.2 Å². The number of sulfonamides is 1. The Kier molecular flexibility index (Phi) is 4.54. The Balaban J connectivity index is 2.25. The Morgan fingerprint density at radius 1 is 1.30 bits per heavy atom. The fourth-order valence-electron chi connectivity index (χ4n) is 3.78. The standard InChI is InChI=1S/C15H26N2O5S/c1-8(2)11(16-23(6,20)21)13(18)17-7-9-10(15(9,3)4)12(17)14(19)22-5/h8-12,16H,7H2,1-6H3/t9-,10-,11-,12-/m0/s1. The SMILES string of the molecule is COC(=O)[C@@H]1[C@@H]2[C@H](CN1C(=O)[C@@H](NS(C)(=O)=O)C(C)C)C2(C)C. The van der Waals surface area contributed by atoms with Crippen LogP contribution in [0.1, 0.15) is 27.7 Å². The summed E-state index contributed by atoms with van der Waals surface area (Å²) in [7, 11) is -2.22. The van der Waals surface area contributed by atoms with Gasteiger partial charge in [0.05, 0.1) is 13.4 Å². The summed E-state index contributed by atoms with van der Waals surface area (Å²) in [5.74, 6) is -0.686. The van der Waals surface area contributed by atoms with Gasteiger partial charge >= 0.3 is 5.97 Å². The van der Waals surface area contributed by atoms with E-state index in [4.69, 9.17) is 4.74 Å². The third-order valence-electron chi connectivity index (χ3n) is 5.21. The number of nitrogens with one attached hydrogen (secondary N) is 1. The van der Waals surface area contributed by atoms with Crippen LogP contribution in [0.2, 0.25) is 0 Å². The highest BCUT2D eigenvalue weighted by molar-refractivity contribution is 7.88. The molecule has 0 radical (unpaired) electrons. The van der Waals surface area contributed by atoms with Crippen molar-refractivity contribution in [1.82, 2.24) is 9.62 Å². The van der Waals surface area contributed by atoms with Gasteiger partial charge in [0.1, 0.15) is 12.1 Å². The molecule has 0 bridgehead atoms. The van der Waals surface area contributed by atoms with Crippen molar-refractivity contribution in [2.24, 2.45) is 23.2 Å². The number of carbonyl (C=O) groups excluding carboxylic acids is 2. The van der Waals surface area contributed by atoms with Crippen molar-refractivity contribution in [3.05, 3.63) is 0 Å². The average Bonchev–Trinajstić information content (AvgIpc) is 2.80. The molecule has 132 valence electrons. The van der Waals surface area contributed by atoms with Gasteiger partial charge in [-0.25, -0.2) is 17.9 Å². The van der Waals surface area contributed by atoms with Crippen molar-refractivity contribution in [3.8, 4) is 0 Å². The van der Waals surface area contributed by atoms with Gasteiger partial charge in [-0.1, -0.05) is 27.7 Å². The zero-order valence-electron chi connectivity index (χ0n) is 14.5. The second kappa shape index (κ2) is 5.73. The van der Waals surface area contributed by atoms with Crippen LogP contribution < -0.4 is 4.72 Å². The number of fused-ring (bicyclic) bond motifs is 1. The van der Waals surface area contributed by atoms with Crippen molar-refractivity contribution in [2.45, 2.75) is 39.8 Å². The Morgan fingerprint density at radius 2 is 1.87 bits per heavy atom. The number of likely N-dealkylation sites (tertiary alicyclic amines) is 1. The van der Waals surface area contributed by atoms with Crippen LogP contribution in [0.3, 0.4) is 0 Å². The van der Waals surface area contributed by atoms with Crippen LogP contribution in [0.15, 0.2) is 0 Å². The lowest BCUT2D eigenvalue weighted by Crippen LogP contribution is -2.55. The van der Waals surface area contributed by atoms with E-state index in [-0.39, 0.29) is 29.1 Å². The predicted molar refractivity (Wildman–Crippen MR) is 84.9 cm³/mol. The fourth-order valence-corrected chi connectivity index (χ4v) is 4.62. The maximum atomic E-state index is 12.9. The molecule has 1 aliphatic carbocycles. The maximum absolute atomic E-state index is 12.9. The first-order valence-corrected chi connectivity index (χ1v) is 9.66. The van der Waals surface area contributed by atoms with Crippen LogP contribution in [-0.2, 0) is 24.3 Å². The molecule has 0 aromatic rings. The third kappa shape index (κ3) is 3.24. The topological polar surface area (TPSA) is 92.8 Å². The summed E-state index contributed by atoms with van der Waals surface area (Å²) in [5.41, 5.74) is 0.00717. The largest absolute Gasteiger partial charge is 0.467 e. The first kappa shape index (κ1) is 18.2. The van der Waals surface area contributed by atoms with E-state index in [1.54, 1.807) is 13.8 Å².